The molecule has 0 spiro atoms. The Kier molecular flexibility index (Phi) is 4.69. The number of hydrogen-bond acceptors (Lipinski definition) is 2. The van der Waals surface area contributed by atoms with Crippen molar-refractivity contribution in [2.75, 3.05) is 6.54 Å². The highest BCUT2D eigenvalue weighted by molar-refractivity contribution is 6.42. The zero-order chi connectivity index (χ0) is 10.6. The molecule has 1 aromatic carbocycles. The van der Waals surface area contributed by atoms with Gasteiger partial charge in [-0.15, -0.1) is 0 Å². The maximum Gasteiger partial charge on any atom is 0.0595 e. The van der Waals surface area contributed by atoms with Crippen molar-refractivity contribution in [1.82, 2.24) is 5.32 Å². The van der Waals surface area contributed by atoms with Crippen LogP contribution in [0.1, 0.15) is 12.5 Å². The van der Waals surface area contributed by atoms with Gasteiger partial charge in [-0.05, 0) is 24.6 Å². The summed E-state index contributed by atoms with van der Waals surface area (Å²) >= 11 is 11.7. The number of hydrogen-bond donors (Lipinski definition) is 2. The summed E-state index contributed by atoms with van der Waals surface area (Å²) in [7, 11) is 0. The monoisotopic (exact) mass is 232 g/mol. The van der Waals surface area contributed by atoms with Crippen molar-refractivity contribution in [2.45, 2.75) is 19.5 Å². The molecule has 3 N–H and O–H groups in total. The SMILES string of the molecule is C[C@H](CN)NCc1ccc(Cl)c(Cl)c1. The molecule has 0 unspecified atom stereocenters. The lowest BCUT2D eigenvalue weighted by molar-refractivity contribution is 0.556. The Morgan fingerprint density at radius 3 is 2.64 bits per heavy atom. The van der Waals surface area contributed by atoms with Crippen molar-refractivity contribution in [2.24, 2.45) is 5.73 Å². The molecule has 0 radical (unpaired) electrons. The zero-order valence-electron chi connectivity index (χ0n) is 8.06. The summed E-state index contributed by atoms with van der Waals surface area (Å²) in [6, 6.07) is 5.92. The first-order valence-electron chi connectivity index (χ1n) is 4.51. The molecule has 0 bridgehead atoms. The minimum Gasteiger partial charge on any atom is -0.329 e. The van der Waals surface area contributed by atoms with Crippen molar-refractivity contribution in [3.63, 3.8) is 0 Å². The molecule has 1 rings (SSSR count). The molecule has 2 nitrogen and oxygen atoms in total. The van der Waals surface area contributed by atoms with Crippen LogP contribution in [0.25, 0.3) is 0 Å². The first-order chi connectivity index (χ1) is 6.63. The van der Waals surface area contributed by atoms with Crippen LogP contribution in [-0.2, 0) is 6.54 Å². The lowest BCUT2D eigenvalue weighted by Crippen LogP contribution is -2.32. The molecular weight excluding hydrogens is 219 g/mol. The summed E-state index contributed by atoms with van der Waals surface area (Å²) < 4.78 is 0. The predicted molar refractivity (Wildman–Crippen MR) is 61.8 cm³/mol. The number of halogens is 2. The maximum absolute atomic E-state index is 5.88. The Morgan fingerprint density at radius 1 is 1.36 bits per heavy atom. The number of benzene rings is 1. The third kappa shape index (κ3) is 3.46. The first kappa shape index (κ1) is 11.8. The van der Waals surface area contributed by atoms with Crippen LogP contribution in [0.3, 0.4) is 0 Å². The van der Waals surface area contributed by atoms with Crippen LogP contribution in [-0.4, -0.2) is 12.6 Å². The molecule has 0 amide bonds. The molecule has 4 heteroatoms. The van der Waals surface area contributed by atoms with Crippen LogP contribution in [0.2, 0.25) is 10.0 Å². The molecule has 1 atom stereocenters. The lowest BCUT2D eigenvalue weighted by atomic mass is 10.2. The average molecular weight is 233 g/mol. The molecule has 0 heterocycles. The Balaban J connectivity index is 2.55. The van der Waals surface area contributed by atoms with Gasteiger partial charge in [0.25, 0.3) is 0 Å². The van der Waals surface area contributed by atoms with E-state index in [1.165, 1.54) is 0 Å². The highest BCUT2D eigenvalue weighted by Crippen LogP contribution is 2.22. The second-order valence-electron chi connectivity index (χ2n) is 3.27. The molecular formula is C10H14Cl2N2. The van der Waals surface area contributed by atoms with Crippen molar-refractivity contribution in [3.05, 3.63) is 33.8 Å². The van der Waals surface area contributed by atoms with E-state index in [4.69, 9.17) is 28.9 Å². The summed E-state index contributed by atoms with van der Waals surface area (Å²) in [6.45, 7) is 3.42. The molecule has 78 valence electrons. The summed E-state index contributed by atoms with van der Waals surface area (Å²) in [5.74, 6) is 0. The minimum absolute atomic E-state index is 0.310. The van der Waals surface area contributed by atoms with E-state index in [1.54, 1.807) is 6.07 Å². The van der Waals surface area contributed by atoms with Crippen LogP contribution >= 0.6 is 23.2 Å². The highest BCUT2D eigenvalue weighted by Gasteiger charge is 2.01. The van der Waals surface area contributed by atoms with Crippen molar-refractivity contribution in [3.8, 4) is 0 Å². The van der Waals surface area contributed by atoms with Crippen molar-refractivity contribution < 1.29 is 0 Å². The van der Waals surface area contributed by atoms with E-state index >= 15 is 0 Å². The van der Waals surface area contributed by atoms with Crippen molar-refractivity contribution >= 4 is 23.2 Å². The van der Waals surface area contributed by atoms with E-state index in [0.29, 0.717) is 22.6 Å². The van der Waals surface area contributed by atoms with Gasteiger partial charge in [-0.3, -0.25) is 0 Å². The smallest absolute Gasteiger partial charge is 0.0595 e. The standard InChI is InChI=1S/C10H14Cl2N2/c1-7(5-13)14-6-8-2-3-9(11)10(12)4-8/h2-4,7,14H,5-6,13H2,1H3/t7-/m1/s1. The number of nitrogens with two attached hydrogens (primary N) is 1. The second kappa shape index (κ2) is 5.56. The quantitative estimate of drug-likeness (QED) is 0.838. The van der Waals surface area contributed by atoms with Gasteiger partial charge in [-0.1, -0.05) is 29.3 Å². The topological polar surface area (TPSA) is 38.0 Å². The number of nitrogens with one attached hydrogen (secondary N) is 1. The van der Waals surface area contributed by atoms with Crippen LogP contribution in [0.4, 0.5) is 0 Å². The fourth-order valence-corrected chi connectivity index (χ4v) is 1.35. The molecule has 0 aromatic heterocycles. The molecule has 0 fully saturated rings. The van der Waals surface area contributed by atoms with Gasteiger partial charge in [-0.2, -0.15) is 0 Å². The minimum atomic E-state index is 0.310. The first-order valence-corrected chi connectivity index (χ1v) is 5.26. The molecule has 0 aliphatic carbocycles. The zero-order valence-corrected chi connectivity index (χ0v) is 9.57. The van der Waals surface area contributed by atoms with Crippen LogP contribution < -0.4 is 11.1 Å². The summed E-state index contributed by atoms with van der Waals surface area (Å²) in [6.07, 6.45) is 0. The third-order valence-electron chi connectivity index (χ3n) is 1.99. The molecule has 0 saturated heterocycles. The van der Waals surface area contributed by atoms with E-state index < -0.39 is 0 Å². The van der Waals surface area contributed by atoms with Gasteiger partial charge in [0, 0.05) is 19.1 Å². The predicted octanol–water partition coefficient (Wildman–Crippen LogP) is 2.43. The Hall–Kier alpha value is -0.280. The molecule has 0 saturated carbocycles. The average Bonchev–Trinajstić information content (AvgIpc) is 2.19. The summed E-state index contributed by atoms with van der Waals surface area (Å²) in [5.41, 5.74) is 6.59. The van der Waals surface area contributed by atoms with Gasteiger partial charge in [0.1, 0.15) is 0 Å². The van der Waals surface area contributed by atoms with Crippen LogP contribution in [0, 0.1) is 0 Å². The molecule has 0 aliphatic rings. The van der Waals surface area contributed by atoms with Crippen LogP contribution in [0.5, 0.6) is 0 Å². The third-order valence-corrected chi connectivity index (χ3v) is 2.73. The summed E-state index contributed by atoms with van der Waals surface area (Å²) in [5, 5.41) is 4.44. The highest BCUT2D eigenvalue weighted by atomic mass is 35.5. The Bertz CT molecular complexity index is 302. The second-order valence-corrected chi connectivity index (χ2v) is 4.08. The summed E-state index contributed by atoms with van der Waals surface area (Å²) in [4.78, 5) is 0. The van der Waals surface area contributed by atoms with E-state index in [9.17, 15) is 0 Å². The van der Waals surface area contributed by atoms with Gasteiger partial charge in [0.05, 0.1) is 10.0 Å². The normalized spacial score (nSPS) is 12.9. The van der Waals surface area contributed by atoms with E-state index in [-0.39, 0.29) is 0 Å². The molecule has 0 aliphatic heterocycles. The fraction of sp³-hybridized carbons (Fsp3) is 0.400. The van der Waals surface area contributed by atoms with Gasteiger partial charge < -0.3 is 11.1 Å². The van der Waals surface area contributed by atoms with Gasteiger partial charge >= 0.3 is 0 Å². The Labute approximate surface area is 94.4 Å². The molecule has 14 heavy (non-hydrogen) atoms. The maximum atomic E-state index is 5.88. The Morgan fingerprint density at radius 2 is 2.07 bits per heavy atom. The largest absolute Gasteiger partial charge is 0.329 e. The van der Waals surface area contributed by atoms with Gasteiger partial charge in [0.2, 0.25) is 0 Å². The van der Waals surface area contributed by atoms with E-state index in [2.05, 4.69) is 5.32 Å². The van der Waals surface area contributed by atoms with E-state index in [0.717, 1.165) is 12.1 Å². The molecule has 1 aromatic rings. The van der Waals surface area contributed by atoms with Gasteiger partial charge in [-0.25, -0.2) is 0 Å². The lowest BCUT2D eigenvalue weighted by Gasteiger charge is -2.11. The van der Waals surface area contributed by atoms with Gasteiger partial charge in [0.15, 0.2) is 0 Å². The number of rotatable bonds is 4. The van der Waals surface area contributed by atoms with Crippen molar-refractivity contribution in [1.29, 1.82) is 0 Å². The van der Waals surface area contributed by atoms with Crippen LogP contribution in [0.15, 0.2) is 18.2 Å². The fourth-order valence-electron chi connectivity index (χ4n) is 1.03. The van der Waals surface area contributed by atoms with E-state index in [1.807, 2.05) is 19.1 Å².